The molecule has 0 bridgehead atoms. The Morgan fingerprint density at radius 2 is 2.00 bits per heavy atom. The number of hydrogen-bond acceptors (Lipinski definition) is 2. The summed E-state index contributed by atoms with van der Waals surface area (Å²) >= 11 is 0. The van der Waals surface area contributed by atoms with E-state index in [-0.39, 0.29) is 0 Å². The zero-order valence-electron chi connectivity index (χ0n) is 12.1. The van der Waals surface area contributed by atoms with E-state index in [0.717, 1.165) is 18.0 Å². The third-order valence-corrected chi connectivity index (χ3v) is 5.00. The van der Waals surface area contributed by atoms with Crippen LogP contribution in [0.1, 0.15) is 52.9 Å². The number of piperidine rings is 1. The SMILES string of the molecule is CNC1CCN(C2CCCC(C)(C)C2)CC1C. The molecule has 0 radical (unpaired) electrons. The van der Waals surface area contributed by atoms with Gasteiger partial charge in [-0.15, -0.1) is 0 Å². The van der Waals surface area contributed by atoms with E-state index in [1.807, 2.05) is 0 Å². The van der Waals surface area contributed by atoms with Gasteiger partial charge in [-0.25, -0.2) is 0 Å². The third kappa shape index (κ3) is 3.23. The summed E-state index contributed by atoms with van der Waals surface area (Å²) in [5.74, 6) is 0.804. The van der Waals surface area contributed by atoms with E-state index in [0.29, 0.717) is 5.41 Å². The number of rotatable bonds is 2. The average molecular weight is 238 g/mol. The molecule has 1 saturated carbocycles. The molecule has 100 valence electrons. The zero-order chi connectivity index (χ0) is 12.5. The van der Waals surface area contributed by atoms with Crippen molar-refractivity contribution >= 4 is 0 Å². The van der Waals surface area contributed by atoms with Crippen LogP contribution in [0.25, 0.3) is 0 Å². The van der Waals surface area contributed by atoms with Gasteiger partial charge in [0, 0.05) is 18.6 Å². The summed E-state index contributed by atoms with van der Waals surface area (Å²) in [4.78, 5) is 2.78. The van der Waals surface area contributed by atoms with Crippen LogP contribution in [0.15, 0.2) is 0 Å². The van der Waals surface area contributed by atoms with Gasteiger partial charge < -0.3 is 5.32 Å². The van der Waals surface area contributed by atoms with E-state index in [4.69, 9.17) is 0 Å². The van der Waals surface area contributed by atoms with Gasteiger partial charge in [0.25, 0.3) is 0 Å². The van der Waals surface area contributed by atoms with E-state index < -0.39 is 0 Å². The quantitative estimate of drug-likeness (QED) is 0.796. The van der Waals surface area contributed by atoms with Gasteiger partial charge in [0.05, 0.1) is 0 Å². The van der Waals surface area contributed by atoms with Crippen molar-refractivity contribution in [1.82, 2.24) is 10.2 Å². The molecule has 1 heterocycles. The van der Waals surface area contributed by atoms with Crippen LogP contribution < -0.4 is 5.32 Å². The Hall–Kier alpha value is -0.0800. The average Bonchev–Trinajstić information content (AvgIpc) is 2.27. The van der Waals surface area contributed by atoms with Gasteiger partial charge in [-0.3, -0.25) is 4.90 Å². The highest BCUT2D eigenvalue weighted by Crippen LogP contribution is 2.38. The maximum absolute atomic E-state index is 3.47. The van der Waals surface area contributed by atoms with E-state index in [9.17, 15) is 0 Å². The minimum absolute atomic E-state index is 0.575. The van der Waals surface area contributed by atoms with Crippen LogP contribution in [0.3, 0.4) is 0 Å². The lowest BCUT2D eigenvalue weighted by atomic mass is 9.74. The van der Waals surface area contributed by atoms with Crippen LogP contribution in [-0.4, -0.2) is 37.1 Å². The largest absolute Gasteiger partial charge is 0.317 e. The summed E-state index contributed by atoms with van der Waals surface area (Å²) in [5, 5.41) is 3.47. The van der Waals surface area contributed by atoms with Gasteiger partial charge in [-0.05, 0) is 50.6 Å². The molecule has 2 nitrogen and oxygen atoms in total. The lowest BCUT2D eigenvalue weighted by Crippen LogP contribution is -2.52. The first-order valence-corrected chi connectivity index (χ1v) is 7.43. The molecule has 0 aromatic heterocycles. The molecule has 2 rings (SSSR count). The molecule has 1 aliphatic heterocycles. The molecule has 0 amide bonds. The Kier molecular flexibility index (Phi) is 4.14. The molecule has 2 aliphatic rings. The standard InChI is InChI=1S/C15H30N2/c1-12-11-17(9-7-14(12)16-4)13-6-5-8-15(2,3)10-13/h12-14,16H,5-11H2,1-4H3. The van der Waals surface area contributed by atoms with Gasteiger partial charge in [-0.1, -0.05) is 27.2 Å². The molecular formula is C15H30N2. The van der Waals surface area contributed by atoms with Crippen molar-refractivity contribution in [2.24, 2.45) is 11.3 Å². The monoisotopic (exact) mass is 238 g/mol. The maximum atomic E-state index is 3.47. The van der Waals surface area contributed by atoms with E-state index in [2.05, 4.69) is 38.0 Å². The van der Waals surface area contributed by atoms with Crippen LogP contribution in [-0.2, 0) is 0 Å². The van der Waals surface area contributed by atoms with E-state index >= 15 is 0 Å². The molecule has 0 spiro atoms. The topological polar surface area (TPSA) is 15.3 Å². The second-order valence-corrected chi connectivity index (χ2v) is 7.07. The van der Waals surface area contributed by atoms with Crippen LogP contribution in [0.2, 0.25) is 0 Å². The smallest absolute Gasteiger partial charge is 0.0114 e. The molecule has 1 saturated heterocycles. The van der Waals surface area contributed by atoms with Crippen molar-refractivity contribution in [3.05, 3.63) is 0 Å². The van der Waals surface area contributed by atoms with Crippen LogP contribution >= 0.6 is 0 Å². The predicted octanol–water partition coefficient (Wildman–Crippen LogP) is 2.89. The fourth-order valence-electron chi connectivity index (χ4n) is 3.91. The molecule has 17 heavy (non-hydrogen) atoms. The highest BCUT2D eigenvalue weighted by Gasteiger charge is 2.34. The number of nitrogens with zero attached hydrogens (tertiary/aromatic N) is 1. The highest BCUT2D eigenvalue weighted by atomic mass is 15.2. The molecule has 0 aromatic rings. The number of hydrogen-bond donors (Lipinski definition) is 1. The van der Waals surface area contributed by atoms with Crippen molar-refractivity contribution in [1.29, 1.82) is 0 Å². The second-order valence-electron chi connectivity index (χ2n) is 7.07. The third-order valence-electron chi connectivity index (χ3n) is 5.00. The first-order valence-electron chi connectivity index (χ1n) is 7.43. The molecule has 1 aliphatic carbocycles. The Morgan fingerprint density at radius 3 is 2.59 bits per heavy atom. The van der Waals surface area contributed by atoms with Gasteiger partial charge >= 0.3 is 0 Å². The zero-order valence-corrected chi connectivity index (χ0v) is 12.1. The van der Waals surface area contributed by atoms with Crippen molar-refractivity contribution in [2.45, 2.75) is 65.0 Å². The predicted molar refractivity (Wildman–Crippen MR) is 74.2 cm³/mol. The lowest BCUT2D eigenvalue weighted by Gasteiger charge is -2.46. The summed E-state index contributed by atoms with van der Waals surface area (Å²) in [7, 11) is 2.11. The normalized spacial score (nSPS) is 39.2. The Bertz CT molecular complexity index is 249. The van der Waals surface area contributed by atoms with E-state index in [1.165, 1.54) is 45.2 Å². The van der Waals surface area contributed by atoms with Gasteiger partial charge in [-0.2, -0.15) is 0 Å². The summed E-state index contributed by atoms with van der Waals surface area (Å²) in [6.45, 7) is 9.90. The van der Waals surface area contributed by atoms with Crippen molar-refractivity contribution in [2.75, 3.05) is 20.1 Å². The maximum Gasteiger partial charge on any atom is 0.0114 e. The Balaban J connectivity index is 1.91. The summed E-state index contributed by atoms with van der Waals surface area (Å²) in [6.07, 6.45) is 7.02. The van der Waals surface area contributed by atoms with E-state index in [1.54, 1.807) is 0 Å². The molecule has 3 unspecified atom stereocenters. The highest BCUT2D eigenvalue weighted by molar-refractivity contribution is 4.90. The van der Waals surface area contributed by atoms with Crippen LogP contribution in [0.5, 0.6) is 0 Å². The first-order chi connectivity index (χ1) is 8.02. The summed E-state index contributed by atoms with van der Waals surface area (Å²) < 4.78 is 0. The fraction of sp³-hybridized carbons (Fsp3) is 1.00. The summed E-state index contributed by atoms with van der Waals surface area (Å²) in [6, 6.07) is 1.60. The molecule has 2 heteroatoms. The lowest BCUT2D eigenvalue weighted by molar-refractivity contribution is 0.0516. The Morgan fingerprint density at radius 1 is 1.24 bits per heavy atom. The first kappa shape index (κ1) is 13.4. The van der Waals surface area contributed by atoms with Crippen LogP contribution in [0, 0.1) is 11.3 Å². The van der Waals surface area contributed by atoms with Crippen molar-refractivity contribution < 1.29 is 0 Å². The minimum atomic E-state index is 0.575. The molecule has 0 aromatic carbocycles. The van der Waals surface area contributed by atoms with Gasteiger partial charge in [0.1, 0.15) is 0 Å². The molecule has 2 fully saturated rings. The number of likely N-dealkylation sites (tertiary alicyclic amines) is 1. The molecular weight excluding hydrogens is 208 g/mol. The fourth-order valence-corrected chi connectivity index (χ4v) is 3.91. The second kappa shape index (κ2) is 5.27. The van der Waals surface area contributed by atoms with Crippen LogP contribution in [0.4, 0.5) is 0 Å². The number of nitrogens with one attached hydrogen (secondary N) is 1. The van der Waals surface area contributed by atoms with Gasteiger partial charge in [0.15, 0.2) is 0 Å². The molecule has 3 atom stereocenters. The van der Waals surface area contributed by atoms with Crippen molar-refractivity contribution in [3.8, 4) is 0 Å². The minimum Gasteiger partial charge on any atom is -0.317 e. The molecule has 1 N–H and O–H groups in total. The summed E-state index contributed by atoms with van der Waals surface area (Å²) in [5.41, 5.74) is 0.575. The van der Waals surface area contributed by atoms with Gasteiger partial charge in [0.2, 0.25) is 0 Å². The Labute approximate surface area is 107 Å². The van der Waals surface area contributed by atoms with Crippen molar-refractivity contribution in [3.63, 3.8) is 0 Å².